The zero-order valence-corrected chi connectivity index (χ0v) is 13.9. The van der Waals surface area contributed by atoms with Crippen molar-refractivity contribution in [2.75, 3.05) is 25.1 Å². The van der Waals surface area contributed by atoms with E-state index in [-0.39, 0.29) is 6.04 Å². The van der Waals surface area contributed by atoms with Gasteiger partial charge in [0.1, 0.15) is 11.6 Å². The minimum Gasteiger partial charge on any atom is -0.497 e. The molecule has 3 aromatic rings. The molecule has 4 rings (SSSR count). The number of benzene rings is 1. The minimum atomic E-state index is 0.226. The first kappa shape index (κ1) is 15.6. The lowest BCUT2D eigenvalue weighted by Gasteiger charge is -2.16. The molecular weight excluding hydrogens is 318 g/mol. The maximum atomic E-state index is 5.95. The molecule has 1 atom stereocenters. The quantitative estimate of drug-likeness (QED) is 0.781. The second-order valence-electron chi connectivity index (χ2n) is 6.05. The van der Waals surface area contributed by atoms with Crippen molar-refractivity contribution in [3.05, 3.63) is 42.6 Å². The van der Waals surface area contributed by atoms with Crippen LogP contribution in [0.25, 0.3) is 22.8 Å². The number of ether oxygens (including phenoxy) is 1. The molecule has 7 heteroatoms. The fourth-order valence-electron chi connectivity index (χ4n) is 2.89. The molecule has 0 radical (unpaired) electrons. The van der Waals surface area contributed by atoms with E-state index in [0.29, 0.717) is 11.7 Å². The van der Waals surface area contributed by atoms with E-state index in [1.165, 1.54) is 0 Å². The summed E-state index contributed by atoms with van der Waals surface area (Å²) in [5.74, 6) is 2.69. The molecule has 0 spiro atoms. The summed E-state index contributed by atoms with van der Waals surface area (Å²) in [5, 5.41) is 4.05. The summed E-state index contributed by atoms with van der Waals surface area (Å²) in [7, 11) is 1.63. The lowest BCUT2D eigenvalue weighted by atomic mass is 10.2. The molecule has 0 aliphatic carbocycles. The summed E-state index contributed by atoms with van der Waals surface area (Å²) in [4.78, 5) is 11.1. The van der Waals surface area contributed by atoms with Crippen molar-refractivity contribution in [2.24, 2.45) is 5.73 Å². The van der Waals surface area contributed by atoms with Gasteiger partial charge in [0.05, 0.1) is 12.7 Å². The second-order valence-corrected chi connectivity index (χ2v) is 6.05. The lowest BCUT2D eigenvalue weighted by molar-refractivity contribution is 0.415. The van der Waals surface area contributed by atoms with Gasteiger partial charge in [-0.25, -0.2) is 4.98 Å². The van der Waals surface area contributed by atoms with Crippen molar-refractivity contribution < 1.29 is 9.26 Å². The summed E-state index contributed by atoms with van der Waals surface area (Å²) in [6.07, 6.45) is 2.75. The van der Waals surface area contributed by atoms with E-state index in [4.69, 9.17) is 15.0 Å². The normalized spacial score (nSPS) is 17.0. The maximum absolute atomic E-state index is 5.95. The van der Waals surface area contributed by atoms with Crippen LogP contribution in [-0.4, -0.2) is 41.4 Å². The summed E-state index contributed by atoms with van der Waals surface area (Å²) in [6, 6.07) is 11.6. The summed E-state index contributed by atoms with van der Waals surface area (Å²) >= 11 is 0. The summed E-state index contributed by atoms with van der Waals surface area (Å²) < 4.78 is 10.5. The number of methoxy groups -OCH3 is 1. The second kappa shape index (κ2) is 6.52. The first-order valence-electron chi connectivity index (χ1n) is 8.18. The Hall–Kier alpha value is -2.93. The van der Waals surface area contributed by atoms with Gasteiger partial charge in [0.15, 0.2) is 0 Å². The van der Waals surface area contributed by atoms with E-state index in [1.54, 1.807) is 13.3 Å². The largest absolute Gasteiger partial charge is 0.497 e. The number of aromatic nitrogens is 3. The number of hydrogen-bond acceptors (Lipinski definition) is 7. The predicted molar refractivity (Wildman–Crippen MR) is 94.3 cm³/mol. The van der Waals surface area contributed by atoms with Crippen LogP contribution in [0, 0.1) is 0 Å². The standard InChI is InChI=1S/C18H19N5O2/c1-24-15-5-2-12(3-6-15)17-21-18(25-22-17)13-4-7-16(20-10-13)23-9-8-14(19)11-23/h2-7,10,14H,8-9,11,19H2,1H3/t14-/m1/s1. The molecule has 25 heavy (non-hydrogen) atoms. The van der Waals surface area contributed by atoms with Crippen molar-refractivity contribution in [3.8, 4) is 28.6 Å². The first-order chi connectivity index (χ1) is 12.2. The molecule has 1 aliphatic heterocycles. The van der Waals surface area contributed by atoms with Crippen molar-refractivity contribution in [2.45, 2.75) is 12.5 Å². The highest BCUT2D eigenvalue weighted by molar-refractivity contribution is 5.61. The van der Waals surface area contributed by atoms with Crippen LogP contribution in [0.2, 0.25) is 0 Å². The third kappa shape index (κ3) is 3.18. The molecule has 0 amide bonds. The van der Waals surface area contributed by atoms with Gasteiger partial charge in [-0.1, -0.05) is 5.16 Å². The van der Waals surface area contributed by atoms with Gasteiger partial charge in [-0.2, -0.15) is 4.98 Å². The van der Waals surface area contributed by atoms with Crippen LogP contribution in [0.1, 0.15) is 6.42 Å². The molecule has 7 nitrogen and oxygen atoms in total. The Labute approximate surface area is 145 Å². The number of rotatable bonds is 4. The average molecular weight is 337 g/mol. The Balaban J connectivity index is 1.53. The highest BCUT2D eigenvalue weighted by atomic mass is 16.5. The number of nitrogens with zero attached hydrogens (tertiary/aromatic N) is 4. The Kier molecular flexibility index (Phi) is 4.07. The van der Waals surface area contributed by atoms with Gasteiger partial charge >= 0.3 is 0 Å². The maximum Gasteiger partial charge on any atom is 0.259 e. The highest BCUT2D eigenvalue weighted by Gasteiger charge is 2.20. The van der Waals surface area contributed by atoms with Gasteiger partial charge in [0, 0.05) is 30.9 Å². The fourth-order valence-corrected chi connectivity index (χ4v) is 2.89. The zero-order valence-electron chi connectivity index (χ0n) is 13.9. The number of anilines is 1. The van der Waals surface area contributed by atoms with Crippen LogP contribution in [0.3, 0.4) is 0 Å². The lowest BCUT2D eigenvalue weighted by Crippen LogP contribution is -2.26. The van der Waals surface area contributed by atoms with Crippen molar-refractivity contribution in [3.63, 3.8) is 0 Å². The number of pyridine rings is 1. The number of nitrogens with two attached hydrogens (primary N) is 1. The molecule has 0 bridgehead atoms. The van der Waals surface area contributed by atoms with E-state index in [9.17, 15) is 0 Å². The molecule has 0 unspecified atom stereocenters. The molecule has 2 N–H and O–H groups in total. The first-order valence-corrected chi connectivity index (χ1v) is 8.18. The smallest absolute Gasteiger partial charge is 0.259 e. The SMILES string of the molecule is COc1ccc(-c2noc(-c3ccc(N4CC[C@@H](N)C4)nc3)n2)cc1. The molecule has 1 fully saturated rings. The van der Waals surface area contributed by atoms with E-state index < -0.39 is 0 Å². The van der Waals surface area contributed by atoms with E-state index in [2.05, 4.69) is 20.0 Å². The molecule has 3 heterocycles. The van der Waals surface area contributed by atoms with E-state index in [1.807, 2.05) is 36.4 Å². The molecule has 128 valence electrons. The van der Waals surface area contributed by atoms with Gasteiger partial charge in [-0.3, -0.25) is 0 Å². The van der Waals surface area contributed by atoms with Crippen LogP contribution in [0.5, 0.6) is 5.75 Å². The van der Waals surface area contributed by atoms with Crippen LogP contribution in [-0.2, 0) is 0 Å². The predicted octanol–water partition coefficient (Wildman–Crippen LogP) is 2.34. The zero-order chi connectivity index (χ0) is 17.2. The third-order valence-corrected chi connectivity index (χ3v) is 4.32. The van der Waals surface area contributed by atoms with Gasteiger partial charge < -0.3 is 19.9 Å². The van der Waals surface area contributed by atoms with Crippen molar-refractivity contribution in [1.29, 1.82) is 0 Å². The molecule has 1 aromatic carbocycles. The van der Waals surface area contributed by atoms with Gasteiger partial charge in [0.25, 0.3) is 5.89 Å². The highest BCUT2D eigenvalue weighted by Crippen LogP contribution is 2.25. The molecular formula is C18H19N5O2. The summed E-state index contributed by atoms with van der Waals surface area (Å²) in [5.41, 5.74) is 7.61. The average Bonchev–Trinajstić information content (AvgIpc) is 3.31. The minimum absolute atomic E-state index is 0.226. The van der Waals surface area contributed by atoms with Crippen molar-refractivity contribution in [1.82, 2.24) is 15.1 Å². The summed E-state index contributed by atoms with van der Waals surface area (Å²) in [6.45, 7) is 1.78. The fraction of sp³-hybridized carbons (Fsp3) is 0.278. The molecule has 1 saturated heterocycles. The van der Waals surface area contributed by atoms with Crippen LogP contribution < -0.4 is 15.4 Å². The van der Waals surface area contributed by atoms with Crippen LogP contribution in [0.15, 0.2) is 47.1 Å². The van der Waals surface area contributed by atoms with Gasteiger partial charge in [-0.15, -0.1) is 0 Å². The number of hydrogen-bond donors (Lipinski definition) is 1. The van der Waals surface area contributed by atoms with E-state index in [0.717, 1.165) is 42.2 Å². The van der Waals surface area contributed by atoms with Crippen LogP contribution >= 0.6 is 0 Å². The van der Waals surface area contributed by atoms with Gasteiger partial charge in [0.2, 0.25) is 5.82 Å². The van der Waals surface area contributed by atoms with Crippen molar-refractivity contribution >= 4 is 5.82 Å². The van der Waals surface area contributed by atoms with Crippen LogP contribution in [0.4, 0.5) is 5.82 Å². The van der Waals surface area contributed by atoms with E-state index >= 15 is 0 Å². The Morgan fingerprint density at radius 3 is 2.60 bits per heavy atom. The topological polar surface area (TPSA) is 90.3 Å². The Morgan fingerprint density at radius 2 is 1.96 bits per heavy atom. The molecule has 2 aromatic heterocycles. The Bertz CT molecular complexity index is 845. The Morgan fingerprint density at radius 1 is 1.16 bits per heavy atom. The third-order valence-electron chi connectivity index (χ3n) is 4.32. The monoisotopic (exact) mass is 337 g/mol. The molecule has 1 aliphatic rings. The molecule has 0 saturated carbocycles. The van der Waals surface area contributed by atoms with Gasteiger partial charge in [-0.05, 0) is 42.8 Å².